The van der Waals surface area contributed by atoms with Gasteiger partial charge >= 0.3 is 0 Å². The third-order valence-electron chi connectivity index (χ3n) is 7.11. The van der Waals surface area contributed by atoms with E-state index in [0.29, 0.717) is 17.4 Å². The number of hydrogen-bond acceptors (Lipinski definition) is 6. The first kappa shape index (κ1) is 21.9. The smallest absolute Gasteiger partial charge is 0.251 e. The maximum atomic E-state index is 13.2. The monoisotopic (exact) mass is 445 g/mol. The lowest BCUT2D eigenvalue weighted by Crippen LogP contribution is -2.51. The number of carbonyl (C=O) groups is 2. The molecule has 0 aromatic heterocycles. The van der Waals surface area contributed by atoms with Crippen molar-refractivity contribution in [1.82, 2.24) is 9.80 Å². The zero-order chi connectivity index (χ0) is 22.6. The van der Waals surface area contributed by atoms with Gasteiger partial charge in [0.05, 0.1) is 29.5 Å². The molecule has 3 heterocycles. The quantitative estimate of drug-likeness (QED) is 0.495. The van der Waals surface area contributed by atoms with Crippen molar-refractivity contribution in [2.45, 2.75) is 50.6 Å². The molecule has 33 heavy (non-hydrogen) atoms. The molecule has 7 heteroatoms. The second-order valence-electron chi connectivity index (χ2n) is 9.20. The first-order valence-corrected chi connectivity index (χ1v) is 12.1. The molecule has 0 aliphatic carbocycles. The summed E-state index contributed by atoms with van der Waals surface area (Å²) in [5, 5.41) is 8.45. The molecular formula is C26H31N5O2. The first-order chi connectivity index (χ1) is 16.2. The second-order valence-corrected chi connectivity index (χ2v) is 9.20. The fraction of sp³-hybridized carbons (Fsp3) is 0.462. The number of amides is 2. The van der Waals surface area contributed by atoms with Gasteiger partial charge in [-0.05, 0) is 75.2 Å². The van der Waals surface area contributed by atoms with Crippen LogP contribution in [0.3, 0.4) is 0 Å². The minimum absolute atomic E-state index is 0.102. The number of hydrogen-bond donors (Lipinski definition) is 0. The number of nitrogens with zero attached hydrogens (tertiary/aromatic N) is 5. The van der Waals surface area contributed by atoms with E-state index in [4.69, 9.17) is 0 Å². The Morgan fingerprint density at radius 2 is 1.33 bits per heavy atom. The van der Waals surface area contributed by atoms with Gasteiger partial charge in [-0.1, -0.05) is 24.6 Å². The molecule has 0 bridgehead atoms. The number of piperidine rings is 2. The van der Waals surface area contributed by atoms with E-state index >= 15 is 0 Å². The summed E-state index contributed by atoms with van der Waals surface area (Å²) in [4.78, 5) is 32.2. The summed E-state index contributed by atoms with van der Waals surface area (Å²) in [6.07, 6.45) is 6.38. The van der Waals surface area contributed by atoms with Crippen LogP contribution < -0.4 is 4.90 Å². The predicted molar refractivity (Wildman–Crippen MR) is 128 cm³/mol. The lowest BCUT2D eigenvalue weighted by Gasteiger charge is -2.41. The van der Waals surface area contributed by atoms with Crippen LogP contribution in [-0.2, 0) is 9.59 Å². The molecule has 3 aliphatic rings. The molecule has 3 saturated heterocycles. The molecule has 3 fully saturated rings. The van der Waals surface area contributed by atoms with Crippen LogP contribution in [0, 0.1) is 0 Å². The van der Waals surface area contributed by atoms with Crippen molar-refractivity contribution in [2.75, 3.05) is 31.1 Å². The Balaban J connectivity index is 1.20. The Bertz CT molecular complexity index is 993. The van der Waals surface area contributed by atoms with Gasteiger partial charge in [-0.15, -0.1) is 0 Å². The van der Waals surface area contributed by atoms with Crippen molar-refractivity contribution >= 4 is 28.9 Å². The van der Waals surface area contributed by atoms with Crippen LogP contribution in [-0.4, -0.2) is 59.9 Å². The fourth-order valence-corrected chi connectivity index (χ4v) is 5.30. The Morgan fingerprint density at radius 1 is 0.697 bits per heavy atom. The molecule has 2 aromatic carbocycles. The lowest BCUT2D eigenvalue weighted by molar-refractivity contribution is -0.123. The highest BCUT2D eigenvalue weighted by atomic mass is 16.2. The van der Waals surface area contributed by atoms with Gasteiger partial charge in [0.15, 0.2) is 0 Å². The topological polar surface area (TPSA) is 68.6 Å². The number of anilines is 1. The average molecular weight is 446 g/mol. The largest absolute Gasteiger partial charge is 0.300 e. The van der Waals surface area contributed by atoms with E-state index in [1.807, 2.05) is 30.3 Å². The zero-order valence-corrected chi connectivity index (χ0v) is 19.0. The average Bonchev–Trinajstić information content (AvgIpc) is 3.18. The third-order valence-corrected chi connectivity index (χ3v) is 7.11. The molecule has 3 aliphatic heterocycles. The van der Waals surface area contributed by atoms with Gasteiger partial charge in [-0.25, -0.2) is 4.90 Å². The van der Waals surface area contributed by atoms with E-state index in [1.165, 1.54) is 37.3 Å². The Kier molecular flexibility index (Phi) is 6.60. The van der Waals surface area contributed by atoms with Crippen LogP contribution in [0.15, 0.2) is 64.8 Å². The highest BCUT2D eigenvalue weighted by Crippen LogP contribution is 2.30. The number of likely N-dealkylation sites (tertiary alicyclic amines) is 2. The van der Waals surface area contributed by atoms with Crippen molar-refractivity contribution in [3.8, 4) is 0 Å². The molecule has 0 saturated carbocycles. The van der Waals surface area contributed by atoms with Crippen LogP contribution in [0.5, 0.6) is 0 Å². The third kappa shape index (κ3) is 4.89. The maximum absolute atomic E-state index is 13.2. The van der Waals surface area contributed by atoms with Crippen LogP contribution in [0.2, 0.25) is 0 Å². The summed E-state index contributed by atoms with van der Waals surface area (Å²) in [7, 11) is 0. The van der Waals surface area contributed by atoms with E-state index < -0.39 is 0 Å². The minimum Gasteiger partial charge on any atom is -0.300 e. The van der Waals surface area contributed by atoms with E-state index in [2.05, 4.69) is 20.0 Å². The molecule has 2 amide bonds. The molecule has 0 unspecified atom stereocenters. The fourth-order valence-electron chi connectivity index (χ4n) is 5.30. The number of azo groups is 1. The summed E-state index contributed by atoms with van der Waals surface area (Å²) < 4.78 is 0. The molecule has 0 radical (unpaired) electrons. The van der Waals surface area contributed by atoms with E-state index in [1.54, 1.807) is 24.3 Å². The van der Waals surface area contributed by atoms with Crippen LogP contribution >= 0.6 is 0 Å². The zero-order valence-electron chi connectivity index (χ0n) is 19.0. The van der Waals surface area contributed by atoms with Gasteiger partial charge in [-0.2, -0.15) is 10.2 Å². The number of carbonyl (C=O) groups excluding carboxylic acids is 2. The van der Waals surface area contributed by atoms with Crippen LogP contribution in [0.25, 0.3) is 0 Å². The van der Waals surface area contributed by atoms with Crippen LogP contribution in [0.4, 0.5) is 17.1 Å². The minimum atomic E-state index is -0.336. The van der Waals surface area contributed by atoms with E-state index in [0.717, 1.165) is 31.6 Å². The number of benzene rings is 2. The molecular weight excluding hydrogens is 414 g/mol. The van der Waals surface area contributed by atoms with Crippen molar-refractivity contribution in [1.29, 1.82) is 0 Å². The van der Waals surface area contributed by atoms with Gasteiger partial charge in [0, 0.05) is 19.1 Å². The molecule has 7 nitrogen and oxygen atoms in total. The van der Waals surface area contributed by atoms with Gasteiger partial charge in [0.1, 0.15) is 0 Å². The first-order valence-electron chi connectivity index (χ1n) is 12.1. The molecule has 5 rings (SSSR count). The van der Waals surface area contributed by atoms with Gasteiger partial charge in [-0.3, -0.25) is 14.5 Å². The maximum Gasteiger partial charge on any atom is 0.251 e. The van der Waals surface area contributed by atoms with Crippen molar-refractivity contribution in [3.63, 3.8) is 0 Å². The van der Waals surface area contributed by atoms with E-state index in [9.17, 15) is 9.59 Å². The normalized spacial score (nSPS) is 23.6. The van der Waals surface area contributed by atoms with Crippen LogP contribution in [0.1, 0.15) is 38.5 Å². The summed E-state index contributed by atoms with van der Waals surface area (Å²) in [5.41, 5.74) is 2.06. The highest BCUT2D eigenvalue weighted by Gasteiger charge is 2.43. The van der Waals surface area contributed by atoms with Gasteiger partial charge in [0.2, 0.25) is 5.91 Å². The number of rotatable bonds is 5. The van der Waals surface area contributed by atoms with E-state index in [-0.39, 0.29) is 24.3 Å². The Hall–Kier alpha value is -2.90. The lowest BCUT2D eigenvalue weighted by atomic mass is 9.98. The SMILES string of the molecule is O=C1C[C@H](N2CCC(N3CCCCC3)CC2)C(=O)N1c1ccc(N=Nc2ccccc2)cc1. The summed E-state index contributed by atoms with van der Waals surface area (Å²) in [5.74, 6) is -0.225. The summed E-state index contributed by atoms with van der Waals surface area (Å²) >= 11 is 0. The Morgan fingerprint density at radius 3 is 2.00 bits per heavy atom. The highest BCUT2D eigenvalue weighted by molar-refractivity contribution is 6.22. The Labute approximate surface area is 195 Å². The van der Waals surface area contributed by atoms with Crippen molar-refractivity contribution in [3.05, 3.63) is 54.6 Å². The molecule has 1 atom stereocenters. The molecule has 0 N–H and O–H groups in total. The number of imide groups is 1. The van der Waals surface area contributed by atoms with Crippen molar-refractivity contribution < 1.29 is 9.59 Å². The molecule has 172 valence electrons. The second kappa shape index (κ2) is 9.93. The predicted octanol–water partition coefficient (Wildman–Crippen LogP) is 4.68. The molecule has 2 aromatic rings. The van der Waals surface area contributed by atoms with Gasteiger partial charge in [0.25, 0.3) is 5.91 Å². The standard InChI is InChI=1S/C26H31N5O2/c32-25-19-24(30-17-13-22(14-18-30)29-15-5-2-6-16-29)26(33)31(25)23-11-9-21(10-12-23)28-27-20-7-3-1-4-8-20/h1,3-4,7-12,22,24H,2,5-6,13-19H2/t24-/m0/s1. The molecule has 0 spiro atoms. The van der Waals surface area contributed by atoms with Gasteiger partial charge < -0.3 is 4.90 Å². The summed E-state index contributed by atoms with van der Waals surface area (Å²) in [6, 6.07) is 17.0. The van der Waals surface area contributed by atoms with Crippen molar-refractivity contribution in [2.24, 2.45) is 10.2 Å². The summed E-state index contributed by atoms with van der Waals surface area (Å²) in [6.45, 7) is 4.19.